The van der Waals surface area contributed by atoms with Crippen molar-refractivity contribution in [2.45, 2.75) is 51.1 Å². The van der Waals surface area contributed by atoms with Crippen LogP contribution >= 0.6 is 0 Å². The standard InChI is InChI=1S/C21H28N2O3/c1-25-21(24)20-13-18(17-5-3-2-4-6-17)15-23(20)14-16-7-9-19(10-8-16)26-12-11-22/h7-10,17-18,20H,2-6,12-15H2,1H3/t18-,20-/m1/s1. The van der Waals surface area contributed by atoms with Crippen LogP contribution in [0.3, 0.4) is 0 Å². The summed E-state index contributed by atoms with van der Waals surface area (Å²) in [4.78, 5) is 14.6. The largest absolute Gasteiger partial charge is 0.479 e. The van der Waals surface area contributed by atoms with Crippen LogP contribution in [0.5, 0.6) is 5.75 Å². The molecular weight excluding hydrogens is 328 g/mol. The van der Waals surface area contributed by atoms with Crippen LogP contribution in [0.4, 0.5) is 0 Å². The van der Waals surface area contributed by atoms with E-state index in [2.05, 4.69) is 4.90 Å². The molecule has 0 bridgehead atoms. The summed E-state index contributed by atoms with van der Waals surface area (Å²) in [5.41, 5.74) is 1.15. The number of methoxy groups -OCH3 is 1. The predicted molar refractivity (Wildman–Crippen MR) is 98.4 cm³/mol. The van der Waals surface area contributed by atoms with Gasteiger partial charge in [-0.15, -0.1) is 0 Å². The van der Waals surface area contributed by atoms with E-state index in [-0.39, 0.29) is 18.6 Å². The van der Waals surface area contributed by atoms with Gasteiger partial charge in [0, 0.05) is 13.1 Å². The lowest BCUT2D eigenvalue weighted by atomic mass is 9.79. The van der Waals surface area contributed by atoms with Gasteiger partial charge in [0.15, 0.2) is 6.61 Å². The van der Waals surface area contributed by atoms with E-state index < -0.39 is 0 Å². The van der Waals surface area contributed by atoms with Gasteiger partial charge in [0.1, 0.15) is 17.9 Å². The number of nitriles is 1. The van der Waals surface area contributed by atoms with E-state index >= 15 is 0 Å². The fourth-order valence-corrected chi connectivity index (χ4v) is 4.48. The zero-order valence-electron chi connectivity index (χ0n) is 15.5. The van der Waals surface area contributed by atoms with Gasteiger partial charge in [0.25, 0.3) is 0 Å². The van der Waals surface area contributed by atoms with Crippen LogP contribution in [0, 0.1) is 23.2 Å². The molecule has 0 unspecified atom stereocenters. The van der Waals surface area contributed by atoms with Gasteiger partial charge >= 0.3 is 5.97 Å². The number of esters is 1. The van der Waals surface area contributed by atoms with Gasteiger partial charge in [0.05, 0.1) is 7.11 Å². The second kappa shape index (κ2) is 9.05. The maximum Gasteiger partial charge on any atom is 0.323 e. The van der Waals surface area contributed by atoms with Gasteiger partial charge in [0.2, 0.25) is 0 Å². The number of rotatable bonds is 6. The molecule has 2 fully saturated rings. The average Bonchev–Trinajstić information content (AvgIpc) is 3.11. The van der Waals surface area contributed by atoms with Crippen molar-refractivity contribution < 1.29 is 14.3 Å². The van der Waals surface area contributed by atoms with Crippen molar-refractivity contribution in [1.82, 2.24) is 4.90 Å². The van der Waals surface area contributed by atoms with E-state index in [1.54, 1.807) is 0 Å². The summed E-state index contributed by atoms with van der Waals surface area (Å²) in [5, 5.41) is 8.58. The summed E-state index contributed by atoms with van der Waals surface area (Å²) in [6.45, 7) is 1.76. The van der Waals surface area contributed by atoms with Crippen LogP contribution in [0.1, 0.15) is 44.1 Å². The van der Waals surface area contributed by atoms with Gasteiger partial charge in [-0.05, 0) is 36.0 Å². The van der Waals surface area contributed by atoms with Crippen molar-refractivity contribution in [3.8, 4) is 11.8 Å². The molecule has 1 saturated carbocycles. The Kier molecular flexibility index (Phi) is 6.51. The third-order valence-corrected chi connectivity index (χ3v) is 5.84. The summed E-state index contributed by atoms with van der Waals surface area (Å²) in [6.07, 6.45) is 7.53. The minimum Gasteiger partial charge on any atom is -0.479 e. The highest BCUT2D eigenvalue weighted by atomic mass is 16.5. The molecule has 3 rings (SSSR count). The van der Waals surface area contributed by atoms with Crippen molar-refractivity contribution in [2.75, 3.05) is 20.3 Å². The molecule has 0 amide bonds. The lowest BCUT2D eigenvalue weighted by Crippen LogP contribution is -2.36. The minimum absolute atomic E-state index is 0.0545. The molecular formula is C21H28N2O3. The molecule has 1 aromatic carbocycles. The molecule has 1 aliphatic heterocycles. The van der Waals surface area contributed by atoms with Crippen LogP contribution in [-0.2, 0) is 16.1 Å². The van der Waals surface area contributed by atoms with Crippen molar-refractivity contribution in [2.24, 2.45) is 11.8 Å². The highest BCUT2D eigenvalue weighted by Crippen LogP contribution is 2.38. The van der Waals surface area contributed by atoms with Crippen molar-refractivity contribution in [1.29, 1.82) is 5.26 Å². The molecule has 140 valence electrons. The monoisotopic (exact) mass is 356 g/mol. The Bertz CT molecular complexity index is 632. The highest BCUT2D eigenvalue weighted by molar-refractivity contribution is 5.76. The van der Waals surface area contributed by atoms with Gasteiger partial charge < -0.3 is 9.47 Å². The Balaban J connectivity index is 1.65. The first-order valence-corrected chi connectivity index (χ1v) is 9.62. The SMILES string of the molecule is COC(=O)[C@H]1C[C@@H](C2CCCCC2)CN1Cc1ccc(OCC#N)cc1. The first kappa shape index (κ1) is 18.7. The molecule has 0 aromatic heterocycles. The van der Waals surface area contributed by atoms with E-state index in [9.17, 15) is 4.79 Å². The molecule has 2 atom stereocenters. The molecule has 2 aliphatic rings. The normalized spacial score (nSPS) is 24.2. The van der Waals surface area contributed by atoms with E-state index in [0.717, 1.165) is 31.0 Å². The number of hydrogen-bond acceptors (Lipinski definition) is 5. The molecule has 0 spiro atoms. The number of ether oxygens (including phenoxy) is 2. The highest BCUT2D eigenvalue weighted by Gasteiger charge is 2.40. The number of carbonyl (C=O) groups excluding carboxylic acids is 1. The summed E-state index contributed by atoms with van der Waals surface area (Å²) >= 11 is 0. The van der Waals surface area contributed by atoms with Gasteiger partial charge in [-0.25, -0.2) is 0 Å². The average molecular weight is 356 g/mol. The number of benzene rings is 1. The van der Waals surface area contributed by atoms with Gasteiger partial charge in [-0.3, -0.25) is 9.69 Å². The molecule has 5 heteroatoms. The van der Waals surface area contributed by atoms with Crippen LogP contribution in [0.15, 0.2) is 24.3 Å². The van der Waals surface area contributed by atoms with Crippen molar-refractivity contribution in [3.63, 3.8) is 0 Å². The number of likely N-dealkylation sites (tertiary alicyclic amines) is 1. The number of nitrogens with zero attached hydrogens (tertiary/aromatic N) is 2. The van der Waals surface area contributed by atoms with E-state index in [4.69, 9.17) is 14.7 Å². The lowest BCUT2D eigenvalue weighted by molar-refractivity contribution is -0.146. The molecule has 1 saturated heterocycles. The molecule has 26 heavy (non-hydrogen) atoms. The second-order valence-corrected chi connectivity index (χ2v) is 7.45. The summed E-state index contributed by atoms with van der Waals surface area (Å²) < 4.78 is 10.4. The first-order chi connectivity index (χ1) is 12.7. The zero-order chi connectivity index (χ0) is 18.4. The van der Waals surface area contributed by atoms with Gasteiger partial charge in [-0.2, -0.15) is 5.26 Å². The number of carbonyl (C=O) groups is 1. The molecule has 1 aromatic rings. The minimum atomic E-state index is -0.138. The molecule has 0 radical (unpaired) electrons. The van der Waals surface area contributed by atoms with E-state index in [0.29, 0.717) is 11.7 Å². The topological polar surface area (TPSA) is 62.6 Å². The summed E-state index contributed by atoms with van der Waals surface area (Å²) in [5.74, 6) is 1.93. The molecule has 0 N–H and O–H groups in total. The Morgan fingerprint density at radius 1 is 1.19 bits per heavy atom. The van der Waals surface area contributed by atoms with E-state index in [1.807, 2.05) is 30.3 Å². The van der Waals surface area contributed by atoms with Crippen molar-refractivity contribution in [3.05, 3.63) is 29.8 Å². The smallest absolute Gasteiger partial charge is 0.323 e. The van der Waals surface area contributed by atoms with Crippen LogP contribution < -0.4 is 4.74 Å². The summed E-state index contributed by atoms with van der Waals surface area (Å²) in [6, 6.07) is 9.62. The summed E-state index contributed by atoms with van der Waals surface area (Å²) in [7, 11) is 1.48. The van der Waals surface area contributed by atoms with E-state index in [1.165, 1.54) is 39.2 Å². The Morgan fingerprint density at radius 2 is 1.92 bits per heavy atom. The Hall–Kier alpha value is -2.06. The van der Waals surface area contributed by atoms with Crippen LogP contribution in [-0.4, -0.2) is 37.2 Å². The van der Waals surface area contributed by atoms with Gasteiger partial charge in [-0.1, -0.05) is 44.2 Å². The fourth-order valence-electron chi connectivity index (χ4n) is 4.48. The second-order valence-electron chi connectivity index (χ2n) is 7.45. The third-order valence-electron chi connectivity index (χ3n) is 5.84. The lowest BCUT2D eigenvalue weighted by Gasteiger charge is -2.27. The third kappa shape index (κ3) is 4.56. The number of hydrogen-bond donors (Lipinski definition) is 0. The van der Waals surface area contributed by atoms with Crippen LogP contribution in [0.25, 0.3) is 0 Å². The maximum atomic E-state index is 12.3. The Labute approximate surface area is 155 Å². The molecule has 5 nitrogen and oxygen atoms in total. The quantitative estimate of drug-likeness (QED) is 0.730. The maximum absolute atomic E-state index is 12.3. The van der Waals surface area contributed by atoms with Crippen molar-refractivity contribution >= 4 is 5.97 Å². The van der Waals surface area contributed by atoms with Crippen LogP contribution in [0.2, 0.25) is 0 Å². The fraction of sp³-hybridized carbons (Fsp3) is 0.619. The predicted octanol–water partition coefficient (Wildman–Crippen LogP) is 3.53. The zero-order valence-corrected chi connectivity index (χ0v) is 15.5. The Morgan fingerprint density at radius 3 is 2.58 bits per heavy atom. The molecule has 1 heterocycles. The first-order valence-electron chi connectivity index (χ1n) is 9.62. The molecule has 1 aliphatic carbocycles.